The summed E-state index contributed by atoms with van der Waals surface area (Å²) >= 11 is 0. The molecule has 0 saturated carbocycles. The van der Waals surface area contributed by atoms with Crippen LogP contribution >= 0.6 is 0 Å². The number of ether oxygens (including phenoxy) is 2. The monoisotopic (exact) mass is 279 g/mol. The third-order valence-corrected chi connectivity index (χ3v) is 2.54. The molecule has 1 aromatic heterocycles. The molecule has 0 amide bonds. The predicted molar refractivity (Wildman–Crippen MR) is 59.2 cm³/mol. The van der Waals surface area contributed by atoms with Gasteiger partial charge in [-0.25, -0.2) is 15.1 Å². The summed E-state index contributed by atoms with van der Waals surface area (Å²) in [5, 5.41) is 2.02. The first-order valence-electron chi connectivity index (χ1n) is 5.24. The molecule has 1 aromatic rings. The van der Waals surface area contributed by atoms with Crippen LogP contribution in [0.25, 0.3) is 0 Å². The number of H-pyrrole nitrogens is 1. The van der Waals surface area contributed by atoms with Crippen molar-refractivity contribution in [2.45, 2.75) is 18.8 Å². The molecule has 106 valence electrons. The fraction of sp³-hybridized carbons (Fsp3) is 0.455. The summed E-state index contributed by atoms with van der Waals surface area (Å²) in [5.41, 5.74) is -2.78. The van der Waals surface area contributed by atoms with Crippen molar-refractivity contribution in [3.05, 3.63) is 23.9 Å². The minimum absolute atomic E-state index is 0.00655. The average molecular weight is 279 g/mol. The van der Waals surface area contributed by atoms with Gasteiger partial charge in [-0.2, -0.15) is 13.2 Å². The van der Waals surface area contributed by atoms with E-state index in [1.165, 1.54) is 6.20 Å². The number of methoxy groups -OCH3 is 2. The van der Waals surface area contributed by atoms with Gasteiger partial charge in [-0.05, 0) is 19.1 Å². The number of esters is 1. The number of rotatable bonds is 4. The highest BCUT2D eigenvalue weighted by Crippen LogP contribution is 2.35. The summed E-state index contributed by atoms with van der Waals surface area (Å²) in [7, 11) is 1.63. The minimum atomic E-state index is -5.00. The number of hydrogen-bond acceptors (Lipinski definition) is 4. The van der Waals surface area contributed by atoms with Gasteiger partial charge in [0.05, 0.1) is 13.3 Å². The topological polar surface area (TPSA) is 61.7 Å². The molecule has 2 N–H and O–H groups in total. The third kappa shape index (κ3) is 2.78. The summed E-state index contributed by atoms with van der Waals surface area (Å²) in [6.07, 6.45) is -3.58. The highest BCUT2D eigenvalue weighted by Gasteiger charge is 2.67. The molecule has 0 aliphatic heterocycles. The molecule has 8 heteroatoms. The Balaban J connectivity index is 3.26. The highest BCUT2D eigenvalue weighted by atomic mass is 19.4. The molecule has 1 atom stereocenters. The summed E-state index contributed by atoms with van der Waals surface area (Å²) in [5.74, 6) is -1.58. The van der Waals surface area contributed by atoms with Crippen LogP contribution in [0.3, 0.4) is 0 Å². The van der Waals surface area contributed by atoms with Crippen LogP contribution in [0.15, 0.2) is 18.3 Å². The normalized spacial score (nSPS) is 14.6. The van der Waals surface area contributed by atoms with Gasteiger partial charge in [0.25, 0.3) is 5.82 Å². The SMILES string of the molecule is COC(=O)[C@@](Nc1[nH+]cccc1C)(OC)C(F)(F)F. The Bertz CT molecular complexity index is 465. The smallest absolute Gasteiger partial charge is 0.463 e. The number of alkyl halides is 3. The molecule has 0 aromatic carbocycles. The van der Waals surface area contributed by atoms with E-state index in [2.05, 4.69) is 14.5 Å². The molecule has 1 heterocycles. The molecule has 0 unspecified atom stereocenters. The van der Waals surface area contributed by atoms with Crippen LogP contribution in [0.2, 0.25) is 0 Å². The van der Waals surface area contributed by atoms with E-state index in [4.69, 9.17) is 0 Å². The lowest BCUT2D eigenvalue weighted by atomic mass is 10.2. The molecule has 0 spiro atoms. The second-order valence-electron chi connectivity index (χ2n) is 3.73. The zero-order valence-corrected chi connectivity index (χ0v) is 10.6. The van der Waals surface area contributed by atoms with Crippen molar-refractivity contribution in [2.24, 2.45) is 0 Å². The quantitative estimate of drug-likeness (QED) is 0.666. The van der Waals surface area contributed by atoms with E-state index in [1.807, 2.05) is 5.32 Å². The van der Waals surface area contributed by atoms with Gasteiger partial charge < -0.3 is 9.47 Å². The minimum Gasteiger partial charge on any atom is -0.463 e. The number of hydrogen-bond donors (Lipinski definition) is 1. The number of anilines is 1. The van der Waals surface area contributed by atoms with Gasteiger partial charge in [0.15, 0.2) is 0 Å². The van der Waals surface area contributed by atoms with E-state index in [9.17, 15) is 18.0 Å². The molecule has 0 radical (unpaired) electrons. The standard InChI is InChI=1S/C11H13F3N2O3/c1-7-5-4-6-15-8(7)16-10(19-3,9(17)18-2)11(12,13)14/h4-6H,1-3H3,(H,15,16)/p+1/t10-/m1/s1. The molecule has 0 fully saturated rings. The fourth-order valence-corrected chi connectivity index (χ4v) is 1.46. The van der Waals surface area contributed by atoms with Gasteiger partial charge in [-0.1, -0.05) is 0 Å². The predicted octanol–water partition coefficient (Wildman–Crippen LogP) is 1.30. The van der Waals surface area contributed by atoms with Crippen molar-refractivity contribution in [1.29, 1.82) is 0 Å². The van der Waals surface area contributed by atoms with Crippen molar-refractivity contribution in [3.8, 4) is 0 Å². The first-order valence-corrected chi connectivity index (χ1v) is 5.24. The Morgan fingerprint density at radius 3 is 2.42 bits per heavy atom. The zero-order chi connectivity index (χ0) is 14.7. The van der Waals surface area contributed by atoms with Crippen LogP contribution in [0.1, 0.15) is 5.56 Å². The number of aryl methyl sites for hydroxylation is 1. The molecule has 19 heavy (non-hydrogen) atoms. The fourth-order valence-electron chi connectivity index (χ4n) is 1.46. The summed E-state index contributed by atoms with van der Waals surface area (Å²) in [6, 6.07) is 3.19. The Morgan fingerprint density at radius 1 is 1.37 bits per heavy atom. The summed E-state index contributed by atoms with van der Waals surface area (Å²) < 4.78 is 48.0. The van der Waals surface area contributed by atoms with Crippen LogP contribution in [-0.4, -0.2) is 32.1 Å². The Labute approximate surface area is 107 Å². The Hall–Kier alpha value is -1.83. The molecular formula is C11H14F3N2O3+. The van der Waals surface area contributed by atoms with Crippen molar-refractivity contribution >= 4 is 11.8 Å². The zero-order valence-electron chi connectivity index (χ0n) is 10.6. The average Bonchev–Trinajstić information content (AvgIpc) is 2.35. The lowest BCUT2D eigenvalue weighted by molar-refractivity contribution is -0.365. The largest absolute Gasteiger partial charge is 0.471 e. The van der Waals surface area contributed by atoms with E-state index >= 15 is 0 Å². The second-order valence-corrected chi connectivity index (χ2v) is 3.73. The number of carbonyl (C=O) groups excluding carboxylic acids is 1. The van der Waals surface area contributed by atoms with Crippen molar-refractivity contribution < 1.29 is 32.4 Å². The maximum atomic E-state index is 13.1. The third-order valence-electron chi connectivity index (χ3n) is 2.54. The van der Waals surface area contributed by atoms with Gasteiger partial charge in [-0.15, -0.1) is 0 Å². The van der Waals surface area contributed by atoms with Crippen LogP contribution in [-0.2, 0) is 14.3 Å². The van der Waals surface area contributed by atoms with Crippen molar-refractivity contribution in [3.63, 3.8) is 0 Å². The number of nitrogens with one attached hydrogen (secondary N) is 2. The van der Waals surface area contributed by atoms with Gasteiger partial charge in [-0.3, -0.25) is 0 Å². The van der Waals surface area contributed by atoms with E-state index in [0.29, 0.717) is 5.56 Å². The molecule has 5 nitrogen and oxygen atoms in total. The lowest BCUT2D eigenvalue weighted by Crippen LogP contribution is -2.60. The second kappa shape index (κ2) is 5.43. The maximum absolute atomic E-state index is 13.1. The number of carbonyl (C=O) groups is 1. The van der Waals surface area contributed by atoms with Gasteiger partial charge >= 0.3 is 17.9 Å². The van der Waals surface area contributed by atoms with Crippen molar-refractivity contribution in [1.82, 2.24) is 0 Å². The van der Waals surface area contributed by atoms with Gasteiger partial charge in [0, 0.05) is 12.7 Å². The molecule has 1 rings (SSSR count). The van der Waals surface area contributed by atoms with Crippen LogP contribution in [0.5, 0.6) is 0 Å². The van der Waals surface area contributed by atoms with Crippen molar-refractivity contribution in [2.75, 3.05) is 19.5 Å². The number of aromatic nitrogens is 1. The molecular weight excluding hydrogens is 265 g/mol. The van der Waals surface area contributed by atoms with Crippen LogP contribution < -0.4 is 10.3 Å². The molecule has 0 bridgehead atoms. The van der Waals surface area contributed by atoms with Crippen LogP contribution in [0, 0.1) is 6.92 Å². The first kappa shape index (κ1) is 15.2. The number of pyridine rings is 1. The van der Waals surface area contributed by atoms with E-state index in [-0.39, 0.29) is 5.82 Å². The summed E-state index contributed by atoms with van der Waals surface area (Å²) in [4.78, 5) is 14.1. The van der Waals surface area contributed by atoms with E-state index in [0.717, 1.165) is 14.2 Å². The van der Waals surface area contributed by atoms with Crippen LogP contribution in [0.4, 0.5) is 19.0 Å². The van der Waals surface area contributed by atoms with Gasteiger partial charge in [0.1, 0.15) is 0 Å². The van der Waals surface area contributed by atoms with E-state index < -0.39 is 17.9 Å². The molecule has 0 saturated heterocycles. The highest BCUT2D eigenvalue weighted by molar-refractivity contribution is 5.83. The lowest BCUT2D eigenvalue weighted by Gasteiger charge is -2.28. The maximum Gasteiger partial charge on any atom is 0.471 e. The van der Waals surface area contributed by atoms with E-state index in [1.54, 1.807) is 19.1 Å². The number of aromatic amines is 1. The summed E-state index contributed by atoms with van der Waals surface area (Å²) in [6.45, 7) is 1.58. The number of halogens is 3. The molecule has 0 aliphatic carbocycles. The first-order chi connectivity index (χ1) is 8.78. The van der Waals surface area contributed by atoms with Gasteiger partial charge in [0.2, 0.25) is 0 Å². The molecule has 0 aliphatic rings. The Kier molecular flexibility index (Phi) is 4.35. The Morgan fingerprint density at radius 2 is 2.00 bits per heavy atom.